The lowest BCUT2D eigenvalue weighted by Crippen LogP contribution is -2.69. The molecule has 2 unspecified atom stereocenters. The highest BCUT2D eigenvalue weighted by atomic mass is 16.2. The van der Waals surface area contributed by atoms with Gasteiger partial charge in [0, 0.05) is 6.54 Å². The van der Waals surface area contributed by atoms with Crippen LogP contribution >= 0.6 is 0 Å². The van der Waals surface area contributed by atoms with Crippen molar-refractivity contribution in [1.82, 2.24) is 10.2 Å². The summed E-state index contributed by atoms with van der Waals surface area (Å²) in [4.78, 5) is 26.5. The molecule has 1 saturated carbocycles. The summed E-state index contributed by atoms with van der Waals surface area (Å²) < 4.78 is 0. The maximum atomic E-state index is 12.5. The third-order valence-corrected chi connectivity index (χ3v) is 4.11. The van der Waals surface area contributed by atoms with Gasteiger partial charge in [-0.2, -0.15) is 0 Å². The van der Waals surface area contributed by atoms with Gasteiger partial charge < -0.3 is 10.2 Å². The summed E-state index contributed by atoms with van der Waals surface area (Å²) in [6.07, 6.45) is 3.18. The Labute approximate surface area is 109 Å². The van der Waals surface area contributed by atoms with Crippen LogP contribution in [0.5, 0.6) is 0 Å². The number of piperazine rings is 1. The first kappa shape index (κ1) is 13.4. The van der Waals surface area contributed by atoms with Crippen LogP contribution in [0.4, 0.5) is 0 Å². The van der Waals surface area contributed by atoms with Gasteiger partial charge in [-0.25, -0.2) is 0 Å². The Kier molecular flexibility index (Phi) is 3.39. The molecule has 0 bridgehead atoms. The van der Waals surface area contributed by atoms with Gasteiger partial charge in [0.2, 0.25) is 11.8 Å². The molecule has 0 radical (unpaired) electrons. The van der Waals surface area contributed by atoms with Crippen molar-refractivity contribution in [2.24, 2.45) is 11.8 Å². The van der Waals surface area contributed by atoms with Crippen molar-refractivity contribution in [3.8, 4) is 0 Å². The Morgan fingerprint density at radius 1 is 1.39 bits per heavy atom. The second-order valence-electron chi connectivity index (χ2n) is 6.37. The lowest BCUT2D eigenvalue weighted by molar-refractivity contribution is -0.155. The molecule has 1 heterocycles. The Morgan fingerprint density at radius 2 is 2.00 bits per heavy atom. The van der Waals surface area contributed by atoms with Gasteiger partial charge in [0.1, 0.15) is 11.6 Å². The predicted molar refractivity (Wildman–Crippen MR) is 69.9 cm³/mol. The van der Waals surface area contributed by atoms with Crippen molar-refractivity contribution in [1.29, 1.82) is 0 Å². The SMILES string of the molecule is CCC(C)CN1C(=O)C(C)(C)NC(=O)C1C1CC1. The van der Waals surface area contributed by atoms with Gasteiger partial charge in [-0.05, 0) is 38.5 Å². The molecule has 1 saturated heterocycles. The van der Waals surface area contributed by atoms with E-state index < -0.39 is 5.54 Å². The molecular weight excluding hydrogens is 228 g/mol. The van der Waals surface area contributed by atoms with E-state index in [0.717, 1.165) is 19.3 Å². The summed E-state index contributed by atoms with van der Waals surface area (Å²) in [7, 11) is 0. The fourth-order valence-electron chi connectivity index (χ4n) is 2.60. The molecule has 1 aliphatic carbocycles. The topological polar surface area (TPSA) is 49.4 Å². The number of amides is 2. The van der Waals surface area contributed by atoms with Gasteiger partial charge in [0.05, 0.1) is 0 Å². The maximum absolute atomic E-state index is 12.5. The zero-order valence-electron chi connectivity index (χ0n) is 11.8. The molecule has 1 aliphatic heterocycles. The van der Waals surface area contributed by atoms with Crippen LogP contribution in [0.2, 0.25) is 0 Å². The molecular formula is C14H24N2O2. The minimum absolute atomic E-state index is 0.0328. The number of hydrogen-bond donors (Lipinski definition) is 1. The van der Waals surface area contributed by atoms with Gasteiger partial charge in [-0.3, -0.25) is 9.59 Å². The van der Waals surface area contributed by atoms with E-state index in [1.807, 2.05) is 4.90 Å². The number of nitrogens with zero attached hydrogens (tertiary/aromatic N) is 1. The average molecular weight is 252 g/mol. The number of rotatable bonds is 4. The Hall–Kier alpha value is -1.06. The van der Waals surface area contributed by atoms with Crippen molar-refractivity contribution in [3.05, 3.63) is 0 Å². The molecule has 2 rings (SSSR count). The van der Waals surface area contributed by atoms with Gasteiger partial charge in [0.25, 0.3) is 0 Å². The first-order valence-electron chi connectivity index (χ1n) is 7.00. The van der Waals surface area contributed by atoms with E-state index in [-0.39, 0.29) is 17.9 Å². The molecule has 2 atom stereocenters. The van der Waals surface area contributed by atoms with Crippen LogP contribution in [0.1, 0.15) is 47.0 Å². The molecule has 0 aromatic carbocycles. The second kappa shape index (κ2) is 4.56. The molecule has 2 fully saturated rings. The quantitative estimate of drug-likeness (QED) is 0.825. The number of hydrogen-bond acceptors (Lipinski definition) is 2. The molecule has 2 aliphatic rings. The molecule has 18 heavy (non-hydrogen) atoms. The van der Waals surface area contributed by atoms with E-state index in [4.69, 9.17) is 0 Å². The lowest BCUT2D eigenvalue weighted by Gasteiger charge is -2.44. The van der Waals surface area contributed by atoms with Crippen molar-refractivity contribution < 1.29 is 9.59 Å². The summed E-state index contributed by atoms with van der Waals surface area (Å²) in [6, 6.07) is -0.223. The molecule has 0 aromatic rings. The molecule has 4 nitrogen and oxygen atoms in total. The molecule has 2 amide bonds. The van der Waals surface area contributed by atoms with E-state index in [2.05, 4.69) is 19.2 Å². The smallest absolute Gasteiger partial charge is 0.248 e. The minimum Gasteiger partial charge on any atom is -0.340 e. The Morgan fingerprint density at radius 3 is 2.50 bits per heavy atom. The minimum atomic E-state index is -0.754. The molecule has 0 spiro atoms. The summed E-state index contributed by atoms with van der Waals surface area (Å²) >= 11 is 0. The van der Waals surface area contributed by atoms with E-state index in [1.54, 1.807) is 13.8 Å². The molecule has 1 N–H and O–H groups in total. The van der Waals surface area contributed by atoms with Crippen LogP contribution in [-0.4, -0.2) is 34.8 Å². The van der Waals surface area contributed by atoms with Crippen molar-refractivity contribution in [3.63, 3.8) is 0 Å². The standard InChI is InChI=1S/C14H24N2O2/c1-5-9(2)8-16-11(10-6-7-10)12(17)15-14(3,4)13(16)18/h9-11H,5-8H2,1-4H3,(H,15,17). The fraction of sp³-hybridized carbons (Fsp3) is 0.857. The van der Waals surface area contributed by atoms with Gasteiger partial charge in [0.15, 0.2) is 0 Å². The van der Waals surface area contributed by atoms with E-state index in [1.165, 1.54) is 0 Å². The number of carbonyl (C=O) groups is 2. The van der Waals surface area contributed by atoms with Crippen LogP contribution < -0.4 is 5.32 Å². The number of carbonyl (C=O) groups excluding carboxylic acids is 2. The average Bonchev–Trinajstić information content (AvgIpc) is 3.08. The summed E-state index contributed by atoms with van der Waals surface area (Å²) in [5.74, 6) is 0.927. The zero-order chi connectivity index (χ0) is 13.5. The predicted octanol–water partition coefficient (Wildman–Crippen LogP) is 1.55. The van der Waals surface area contributed by atoms with Crippen molar-refractivity contribution in [2.75, 3.05) is 6.54 Å². The largest absolute Gasteiger partial charge is 0.340 e. The maximum Gasteiger partial charge on any atom is 0.248 e. The van der Waals surface area contributed by atoms with Crippen molar-refractivity contribution in [2.45, 2.75) is 58.5 Å². The molecule has 0 aromatic heterocycles. The van der Waals surface area contributed by atoms with E-state index in [9.17, 15) is 9.59 Å². The fourth-order valence-corrected chi connectivity index (χ4v) is 2.60. The normalized spacial score (nSPS) is 29.1. The van der Waals surface area contributed by atoms with Crippen LogP contribution in [0.25, 0.3) is 0 Å². The van der Waals surface area contributed by atoms with Crippen LogP contribution in [-0.2, 0) is 9.59 Å². The third-order valence-electron chi connectivity index (χ3n) is 4.11. The van der Waals surface area contributed by atoms with Gasteiger partial charge >= 0.3 is 0 Å². The monoisotopic (exact) mass is 252 g/mol. The first-order valence-corrected chi connectivity index (χ1v) is 7.00. The summed E-state index contributed by atoms with van der Waals surface area (Å²) in [5.41, 5.74) is -0.754. The van der Waals surface area contributed by atoms with Crippen LogP contribution in [0.3, 0.4) is 0 Å². The summed E-state index contributed by atoms with van der Waals surface area (Å²) in [5, 5.41) is 2.87. The highest BCUT2D eigenvalue weighted by Crippen LogP contribution is 2.38. The Balaban J connectivity index is 2.21. The Bertz CT molecular complexity index is 361. The first-order chi connectivity index (χ1) is 8.36. The highest BCUT2D eigenvalue weighted by Gasteiger charge is 2.50. The number of nitrogens with one attached hydrogen (secondary N) is 1. The van der Waals surface area contributed by atoms with Gasteiger partial charge in [-0.15, -0.1) is 0 Å². The van der Waals surface area contributed by atoms with Crippen LogP contribution in [0, 0.1) is 11.8 Å². The van der Waals surface area contributed by atoms with Crippen molar-refractivity contribution >= 4 is 11.8 Å². The third kappa shape index (κ3) is 2.38. The molecule has 4 heteroatoms. The highest BCUT2D eigenvalue weighted by molar-refractivity contribution is 5.99. The summed E-state index contributed by atoms with van der Waals surface area (Å²) in [6.45, 7) is 8.54. The van der Waals surface area contributed by atoms with E-state index >= 15 is 0 Å². The lowest BCUT2D eigenvalue weighted by atomic mass is 9.93. The zero-order valence-corrected chi connectivity index (χ0v) is 11.8. The second-order valence-corrected chi connectivity index (χ2v) is 6.37. The van der Waals surface area contributed by atoms with Gasteiger partial charge in [-0.1, -0.05) is 20.3 Å². The van der Waals surface area contributed by atoms with Crippen LogP contribution in [0.15, 0.2) is 0 Å². The van der Waals surface area contributed by atoms with E-state index in [0.29, 0.717) is 18.4 Å². The molecule has 102 valence electrons.